The number of hydrogen-bond donors (Lipinski definition) is 3. The van der Waals surface area contributed by atoms with Gasteiger partial charge in [0.1, 0.15) is 12.6 Å². The topological polar surface area (TPSA) is 148 Å². The zero-order valence-corrected chi connectivity index (χ0v) is 21.2. The van der Waals surface area contributed by atoms with E-state index in [9.17, 15) is 28.9 Å². The summed E-state index contributed by atoms with van der Waals surface area (Å²) in [5.41, 5.74) is 1.76. The van der Waals surface area contributed by atoms with Gasteiger partial charge in [0.15, 0.2) is 5.85 Å². The molecular formula is C25H32NO9P. The van der Waals surface area contributed by atoms with Crippen molar-refractivity contribution in [3.05, 3.63) is 71.3 Å². The number of rotatable bonds is 13. The van der Waals surface area contributed by atoms with E-state index in [1.54, 1.807) is 43.3 Å². The number of aliphatic hydroxyl groups is 1. The van der Waals surface area contributed by atoms with Gasteiger partial charge in [-0.15, -0.1) is 0 Å². The molecule has 0 saturated carbocycles. The molecule has 0 bridgehead atoms. The second-order valence-electron chi connectivity index (χ2n) is 7.97. The Labute approximate surface area is 210 Å². The molecule has 0 spiro atoms. The van der Waals surface area contributed by atoms with Crippen LogP contribution in [0.1, 0.15) is 42.3 Å². The van der Waals surface area contributed by atoms with Crippen molar-refractivity contribution in [2.24, 2.45) is 0 Å². The summed E-state index contributed by atoms with van der Waals surface area (Å²) < 4.78 is 27.5. The fourth-order valence-electron chi connectivity index (χ4n) is 3.30. The van der Waals surface area contributed by atoms with Gasteiger partial charge >= 0.3 is 18.0 Å². The van der Waals surface area contributed by atoms with E-state index in [2.05, 4.69) is 10.1 Å². The first-order valence-electron chi connectivity index (χ1n) is 11.4. The van der Waals surface area contributed by atoms with Gasteiger partial charge in [-0.25, -0.2) is 9.59 Å². The van der Waals surface area contributed by atoms with Crippen LogP contribution in [0.4, 0.5) is 4.79 Å². The van der Waals surface area contributed by atoms with Crippen molar-refractivity contribution in [3.63, 3.8) is 0 Å². The number of methoxy groups -OCH3 is 1. The third kappa shape index (κ3) is 9.45. The Kier molecular flexibility index (Phi) is 11.6. The highest BCUT2D eigenvalue weighted by molar-refractivity contribution is 7.58. The van der Waals surface area contributed by atoms with Crippen molar-refractivity contribution < 1.29 is 43.2 Å². The lowest BCUT2D eigenvalue weighted by Gasteiger charge is -2.22. The molecule has 196 valence electrons. The molecule has 2 rings (SSSR count). The van der Waals surface area contributed by atoms with Crippen LogP contribution in [0.15, 0.2) is 54.6 Å². The standard InChI is InChI=1S/C25H32NO9P/c1-3-34-22(27)14-11-18-9-12-20(13-10-18)24(29)36(31,32)16-15-21(23(28)33-2)26-25(30)35-17-19-7-5-4-6-8-19/h4-10,12-13,21,24,29H,3,11,14-17H2,1-2H3,(H,26,30)(H,31,32)/t21-,24?/m0/s1. The van der Waals surface area contributed by atoms with Gasteiger partial charge in [-0.2, -0.15) is 0 Å². The Bertz CT molecular complexity index is 1040. The van der Waals surface area contributed by atoms with Gasteiger partial charge in [-0.3, -0.25) is 9.36 Å². The van der Waals surface area contributed by atoms with Crippen LogP contribution in [0.25, 0.3) is 0 Å². The molecule has 11 heteroatoms. The average Bonchev–Trinajstić information content (AvgIpc) is 2.88. The van der Waals surface area contributed by atoms with Gasteiger partial charge in [0.2, 0.25) is 7.37 Å². The smallest absolute Gasteiger partial charge is 0.408 e. The predicted molar refractivity (Wildman–Crippen MR) is 131 cm³/mol. The van der Waals surface area contributed by atoms with Crippen LogP contribution in [0.3, 0.4) is 0 Å². The lowest BCUT2D eigenvalue weighted by Crippen LogP contribution is -2.42. The van der Waals surface area contributed by atoms with Crippen LogP contribution in [0, 0.1) is 0 Å². The summed E-state index contributed by atoms with van der Waals surface area (Å²) >= 11 is 0. The number of nitrogens with one attached hydrogen (secondary N) is 1. The van der Waals surface area contributed by atoms with Gasteiger partial charge in [0, 0.05) is 12.6 Å². The van der Waals surface area contributed by atoms with E-state index in [-0.39, 0.29) is 31.0 Å². The summed E-state index contributed by atoms with van der Waals surface area (Å²) in [5, 5.41) is 12.9. The number of benzene rings is 2. The Hall–Kier alpha value is -3.20. The van der Waals surface area contributed by atoms with Crippen LogP contribution in [-0.2, 0) is 41.4 Å². The molecule has 0 fully saturated rings. The van der Waals surface area contributed by atoms with E-state index in [1.807, 2.05) is 6.07 Å². The van der Waals surface area contributed by atoms with E-state index >= 15 is 0 Å². The fourth-order valence-corrected chi connectivity index (χ4v) is 4.81. The predicted octanol–water partition coefficient (Wildman–Crippen LogP) is 3.30. The molecule has 3 atom stereocenters. The first kappa shape index (κ1) is 29.0. The minimum atomic E-state index is -4.19. The van der Waals surface area contributed by atoms with Crippen molar-refractivity contribution in [2.45, 2.75) is 44.7 Å². The minimum absolute atomic E-state index is 0.0203. The summed E-state index contributed by atoms with van der Waals surface area (Å²) in [6.07, 6.45) is -0.975. The van der Waals surface area contributed by atoms with Crippen LogP contribution >= 0.6 is 7.37 Å². The van der Waals surface area contributed by atoms with E-state index in [0.717, 1.165) is 18.2 Å². The summed E-state index contributed by atoms with van der Waals surface area (Å²) in [4.78, 5) is 46.2. The van der Waals surface area contributed by atoms with E-state index in [0.29, 0.717) is 13.0 Å². The molecule has 36 heavy (non-hydrogen) atoms. The Morgan fingerprint density at radius 1 is 1.00 bits per heavy atom. The van der Waals surface area contributed by atoms with Crippen molar-refractivity contribution in [1.82, 2.24) is 5.32 Å². The number of amides is 1. The zero-order chi connectivity index (χ0) is 26.6. The van der Waals surface area contributed by atoms with Crippen molar-refractivity contribution >= 4 is 25.4 Å². The number of ether oxygens (including phenoxy) is 3. The first-order valence-corrected chi connectivity index (χ1v) is 13.4. The molecule has 0 aliphatic heterocycles. The van der Waals surface area contributed by atoms with Gasteiger partial charge in [-0.05, 0) is 36.5 Å². The number of carbonyl (C=O) groups excluding carboxylic acids is 3. The maximum absolute atomic E-state index is 12.8. The number of aryl methyl sites for hydroxylation is 1. The SMILES string of the molecule is CCOC(=O)CCc1ccc(C(O)P(=O)(O)CC[C@H](NC(=O)OCc2ccccc2)C(=O)OC)cc1. The molecule has 2 unspecified atom stereocenters. The molecule has 0 aliphatic rings. The molecule has 3 N–H and O–H groups in total. The number of hydrogen-bond acceptors (Lipinski definition) is 8. The van der Waals surface area contributed by atoms with Gasteiger partial charge in [0.25, 0.3) is 0 Å². The van der Waals surface area contributed by atoms with Gasteiger partial charge < -0.3 is 29.5 Å². The van der Waals surface area contributed by atoms with Crippen LogP contribution in [0.2, 0.25) is 0 Å². The van der Waals surface area contributed by atoms with E-state index in [4.69, 9.17) is 9.47 Å². The molecule has 1 amide bonds. The zero-order valence-electron chi connectivity index (χ0n) is 20.3. The van der Waals surface area contributed by atoms with Crippen molar-refractivity contribution in [1.29, 1.82) is 0 Å². The number of carbonyl (C=O) groups is 3. The lowest BCUT2D eigenvalue weighted by molar-refractivity contribution is -0.143. The van der Waals surface area contributed by atoms with Crippen molar-refractivity contribution in [3.8, 4) is 0 Å². The average molecular weight is 522 g/mol. The monoisotopic (exact) mass is 521 g/mol. The quantitative estimate of drug-likeness (QED) is 0.205. The van der Waals surface area contributed by atoms with Crippen LogP contribution in [-0.4, -0.2) is 54.0 Å². The van der Waals surface area contributed by atoms with Crippen LogP contribution < -0.4 is 5.32 Å². The van der Waals surface area contributed by atoms with Gasteiger partial charge in [0.05, 0.1) is 13.7 Å². The third-order valence-corrected chi connectivity index (χ3v) is 7.27. The largest absolute Gasteiger partial charge is 0.467 e. The number of alkyl carbamates (subject to hydrolysis) is 1. The molecule has 2 aromatic rings. The Balaban J connectivity index is 1.93. The summed E-state index contributed by atoms with van der Waals surface area (Å²) in [7, 11) is -3.06. The fraction of sp³-hybridized carbons (Fsp3) is 0.400. The third-order valence-electron chi connectivity index (χ3n) is 5.31. The Morgan fingerprint density at radius 3 is 2.28 bits per heavy atom. The molecule has 0 aliphatic carbocycles. The highest BCUT2D eigenvalue weighted by atomic mass is 31.2. The maximum atomic E-state index is 12.8. The lowest BCUT2D eigenvalue weighted by atomic mass is 10.1. The van der Waals surface area contributed by atoms with E-state index in [1.165, 1.54) is 12.1 Å². The highest BCUT2D eigenvalue weighted by Crippen LogP contribution is 2.54. The molecular weight excluding hydrogens is 489 g/mol. The van der Waals surface area contributed by atoms with Crippen LogP contribution in [0.5, 0.6) is 0 Å². The molecule has 10 nitrogen and oxygen atoms in total. The van der Waals surface area contributed by atoms with Crippen molar-refractivity contribution in [2.75, 3.05) is 19.9 Å². The summed E-state index contributed by atoms with van der Waals surface area (Å²) in [5.74, 6) is -2.83. The Morgan fingerprint density at radius 2 is 1.67 bits per heavy atom. The second-order valence-corrected chi connectivity index (χ2v) is 10.4. The summed E-state index contributed by atoms with van der Waals surface area (Å²) in [6.45, 7) is 2.01. The second kappa shape index (κ2) is 14.4. The van der Waals surface area contributed by atoms with E-state index < -0.39 is 37.5 Å². The molecule has 0 saturated heterocycles. The maximum Gasteiger partial charge on any atom is 0.408 e. The minimum Gasteiger partial charge on any atom is -0.467 e. The molecule has 2 aromatic carbocycles. The number of aliphatic hydroxyl groups excluding tert-OH is 1. The summed E-state index contributed by atoms with van der Waals surface area (Å²) in [6, 6.07) is 14.0. The molecule has 0 aromatic heterocycles. The highest BCUT2D eigenvalue weighted by Gasteiger charge is 2.33. The normalized spacial score (nSPS) is 14.1. The molecule has 0 heterocycles. The molecule has 0 radical (unpaired) electrons. The number of esters is 2. The van der Waals surface area contributed by atoms with Gasteiger partial charge in [-0.1, -0.05) is 54.6 Å². The first-order chi connectivity index (χ1) is 17.2.